The number of carbonyl (C=O) groups is 2. The van der Waals surface area contributed by atoms with Crippen LogP contribution in [0.25, 0.3) is 0 Å². The highest BCUT2D eigenvalue weighted by atomic mass is 16.2. The second-order valence-electron chi connectivity index (χ2n) is 7.50. The summed E-state index contributed by atoms with van der Waals surface area (Å²) in [5.74, 6) is -0.233. The average Bonchev–Trinajstić information content (AvgIpc) is 3.24. The molecule has 146 valence electrons. The molecule has 4 rings (SSSR count). The van der Waals surface area contributed by atoms with Gasteiger partial charge in [-0.05, 0) is 30.5 Å². The first-order chi connectivity index (χ1) is 13.7. The van der Waals surface area contributed by atoms with Gasteiger partial charge >= 0.3 is 0 Å². The minimum atomic E-state index is -0.171. The number of carbonyl (C=O) groups excluding carboxylic acids is 2. The SMILES string of the molecule is O=C(Nc1ccccc1)C1CCCN(C(=O)C2CNNC2c2ccccc2)C1. The number of anilines is 1. The maximum absolute atomic E-state index is 13.2. The molecule has 2 aromatic carbocycles. The Balaban J connectivity index is 1.41. The first-order valence-corrected chi connectivity index (χ1v) is 9.90. The van der Waals surface area contributed by atoms with Crippen LogP contribution in [0.3, 0.4) is 0 Å². The first-order valence-electron chi connectivity index (χ1n) is 9.90. The van der Waals surface area contributed by atoms with Gasteiger partial charge in [-0.2, -0.15) is 0 Å². The second kappa shape index (κ2) is 8.54. The Bertz CT molecular complexity index is 812. The highest BCUT2D eigenvalue weighted by Crippen LogP contribution is 2.28. The number of nitrogens with zero attached hydrogens (tertiary/aromatic N) is 1. The third-order valence-electron chi connectivity index (χ3n) is 5.60. The quantitative estimate of drug-likeness (QED) is 0.764. The van der Waals surface area contributed by atoms with Gasteiger partial charge in [0, 0.05) is 25.3 Å². The Labute approximate surface area is 165 Å². The Kier molecular flexibility index (Phi) is 5.69. The second-order valence-corrected chi connectivity index (χ2v) is 7.50. The van der Waals surface area contributed by atoms with Crippen LogP contribution in [0.5, 0.6) is 0 Å². The lowest BCUT2D eigenvalue weighted by Gasteiger charge is -2.34. The van der Waals surface area contributed by atoms with Crippen LogP contribution in [0.15, 0.2) is 60.7 Å². The van der Waals surface area contributed by atoms with Crippen molar-refractivity contribution in [2.24, 2.45) is 11.8 Å². The van der Waals surface area contributed by atoms with Gasteiger partial charge in [-0.1, -0.05) is 48.5 Å². The molecule has 6 heteroatoms. The van der Waals surface area contributed by atoms with E-state index in [4.69, 9.17) is 0 Å². The number of hydrogen-bond acceptors (Lipinski definition) is 4. The summed E-state index contributed by atoms with van der Waals surface area (Å²) in [7, 11) is 0. The van der Waals surface area contributed by atoms with Crippen molar-refractivity contribution < 1.29 is 9.59 Å². The molecule has 2 aliphatic heterocycles. The fraction of sp³-hybridized carbons (Fsp3) is 0.364. The summed E-state index contributed by atoms with van der Waals surface area (Å²) >= 11 is 0. The molecule has 28 heavy (non-hydrogen) atoms. The van der Waals surface area contributed by atoms with E-state index in [1.165, 1.54) is 0 Å². The fourth-order valence-corrected chi connectivity index (χ4v) is 4.09. The molecule has 2 saturated heterocycles. The lowest BCUT2D eigenvalue weighted by atomic mass is 9.91. The highest BCUT2D eigenvalue weighted by molar-refractivity contribution is 5.93. The summed E-state index contributed by atoms with van der Waals surface area (Å²) in [6, 6.07) is 19.5. The Morgan fingerprint density at radius 1 is 1.00 bits per heavy atom. The van der Waals surface area contributed by atoms with Gasteiger partial charge in [0.05, 0.1) is 17.9 Å². The molecule has 6 nitrogen and oxygen atoms in total. The molecule has 3 N–H and O–H groups in total. The van der Waals surface area contributed by atoms with E-state index >= 15 is 0 Å². The van der Waals surface area contributed by atoms with Gasteiger partial charge in [-0.3, -0.25) is 15.0 Å². The van der Waals surface area contributed by atoms with Crippen LogP contribution in [-0.4, -0.2) is 36.3 Å². The standard InChI is InChI=1S/C22H26N4O2/c27-21(24-18-11-5-2-6-12-18)17-10-7-13-26(15-17)22(28)19-14-23-25-20(19)16-8-3-1-4-9-16/h1-6,8-9,11-12,17,19-20,23,25H,7,10,13-15H2,(H,24,27). The third kappa shape index (κ3) is 4.08. The molecule has 2 aromatic rings. The van der Waals surface area contributed by atoms with Gasteiger partial charge in [-0.15, -0.1) is 0 Å². The first kappa shape index (κ1) is 18.7. The summed E-state index contributed by atoms with van der Waals surface area (Å²) in [6.07, 6.45) is 1.66. The van der Waals surface area contributed by atoms with Crippen molar-refractivity contribution in [2.75, 3.05) is 25.0 Å². The largest absolute Gasteiger partial charge is 0.342 e. The van der Waals surface area contributed by atoms with Crippen molar-refractivity contribution in [3.8, 4) is 0 Å². The maximum Gasteiger partial charge on any atom is 0.229 e. The van der Waals surface area contributed by atoms with Gasteiger partial charge < -0.3 is 10.2 Å². The van der Waals surface area contributed by atoms with Crippen LogP contribution in [-0.2, 0) is 9.59 Å². The van der Waals surface area contributed by atoms with E-state index in [9.17, 15) is 9.59 Å². The van der Waals surface area contributed by atoms with E-state index in [1.54, 1.807) is 0 Å². The van der Waals surface area contributed by atoms with E-state index in [-0.39, 0.29) is 29.7 Å². The van der Waals surface area contributed by atoms with Crippen LogP contribution < -0.4 is 16.2 Å². The number of rotatable bonds is 4. The van der Waals surface area contributed by atoms with Crippen LogP contribution in [0.1, 0.15) is 24.4 Å². The van der Waals surface area contributed by atoms with E-state index < -0.39 is 0 Å². The molecule has 2 heterocycles. The molecule has 2 aliphatic rings. The molecule has 0 spiro atoms. The molecule has 0 bridgehead atoms. The fourth-order valence-electron chi connectivity index (χ4n) is 4.09. The zero-order valence-electron chi connectivity index (χ0n) is 15.8. The number of para-hydroxylation sites is 1. The van der Waals surface area contributed by atoms with Crippen molar-refractivity contribution in [1.29, 1.82) is 0 Å². The van der Waals surface area contributed by atoms with Gasteiger partial charge in [0.2, 0.25) is 11.8 Å². The number of piperidine rings is 1. The number of hydrogen-bond donors (Lipinski definition) is 3. The maximum atomic E-state index is 13.2. The Morgan fingerprint density at radius 2 is 1.71 bits per heavy atom. The predicted molar refractivity (Wildman–Crippen MR) is 108 cm³/mol. The molecule has 3 unspecified atom stereocenters. The summed E-state index contributed by atoms with van der Waals surface area (Å²) in [5, 5.41) is 2.97. The van der Waals surface area contributed by atoms with Crippen LogP contribution in [0.2, 0.25) is 0 Å². The third-order valence-corrected chi connectivity index (χ3v) is 5.60. The summed E-state index contributed by atoms with van der Waals surface area (Å²) in [5.41, 5.74) is 8.26. The minimum Gasteiger partial charge on any atom is -0.342 e. The molecule has 3 atom stereocenters. The number of hydrazine groups is 1. The predicted octanol–water partition coefficient (Wildman–Crippen LogP) is 2.33. The van der Waals surface area contributed by atoms with Crippen molar-refractivity contribution in [3.63, 3.8) is 0 Å². The van der Waals surface area contributed by atoms with Gasteiger partial charge in [-0.25, -0.2) is 5.43 Å². The molecular weight excluding hydrogens is 352 g/mol. The summed E-state index contributed by atoms with van der Waals surface area (Å²) < 4.78 is 0. The van der Waals surface area contributed by atoms with E-state index in [0.717, 1.165) is 24.1 Å². The zero-order chi connectivity index (χ0) is 19.3. The number of benzene rings is 2. The molecule has 0 aromatic heterocycles. The van der Waals surface area contributed by atoms with E-state index in [0.29, 0.717) is 19.6 Å². The van der Waals surface area contributed by atoms with E-state index in [2.05, 4.69) is 16.2 Å². The summed E-state index contributed by atoms with van der Waals surface area (Å²) in [6.45, 7) is 1.79. The topological polar surface area (TPSA) is 73.5 Å². The number of amides is 2. The molecular formula is C22H26N4O2. The van der Waals surface area contributed by atoms with Gasteiger partial charge in [0.15, 0.2) is 0 Å². The van der Waals surface area contributed by atoms with Crippen molar-refractivity contribution in [1.82, 2.24) is 15.8 Å². The summed E-state index contributed by atoms with van der Waals surface area (Å²) in [4.78, 5) is 27.8. The number of nitrogens with one attached hydrogen (secondary N) is 3. The normalized spacial score (nSPS) is 24.7. The Hall–Kier alpha value is -2.70. The highest BCUT2D eigenvalue weighted by Gasteiger charge is 2.38. The van der Waals surface area contributed by atoms with Gasteiger partial charge in [0.25, 0.3) is 0 Å². The smallest absolute Gasteiger partial charge is 0.229 e. The molecule has 2 amide bonds. The lowest BCUT2D eigenvalue weighted by molar-refractivity contribution is -0.138. The van der Waals surface area contributed by atoms with Gasteiger partial charge in [0.1, 0.15) is 0 Å². The average molecular weight is 378 g/mol. The van der Waals surface area contributed by atoms with Crippen molar-refractivity contribution in [3.05, 3.63) is 66.2 Å². The molecule has 2 fully saturated rings. The van der Waals surface area contributed by atoms with Crippen molar-refractivity contribution >= 4 is 17.5 Å². The molecule has 0 radical (unpaired) electrons. The Morgan fingerprint density at radius 3 is 2.46 bits per heavy atom. The van der Waals surface area contributed by atoms with Crippen molar-refractivity contribution in [2.45, 2.75) is 18.9 Å². The van der Waals surface area contributed by atoms with Crippen LogP contribution in [0, 0.1) is 11.8 Å². The van der Waals surface area contributed by atoms with E-state index in [1.807, 2.05) is 65.6 Å². The minimum absolute atomic E-state index is 0.00835. The lowest BCUT2D eigenvalue weighted by Crippen LogP contribution is -2.47. The zero-order valence-corrected chi connectivity index (χ0v) is 15.8. The van der Waals surface area contributed by atoms with Crippen LogP contribution >= 0.6 is 0 Å². The molecule has 0 saturated carbocycles. The monoisotopic (exact) mass is 378 g/mol. The molecule has 0 aliphatic carbocycles. The van der Waals surface area contributed by atoms with Crippen LogP contribution in [0.4, 0.5) is 5.69 Å². The number of likely N-dealkylation sites (tertiary alicyclic amines) is 1.